The van der Waals surface area contributed by atoms with Crippen molar-refractivity contribution in [3.05, 3.63) is 51.3 Å². The van der Waals surface area contributed by atoms with Gasteiger partial charge in [-0.2, -0.15) is 0 Å². The molecule has 0 aromatic carbocycles. The van der Waals surface area contributed by atoms with Crippen LogP contribution >= 0.6 is 0 Å². The first-order valence-electron chi connectivity index (χ1n) is 9.76. The fraction of sp³-hybridized carbons (Fsp3) is 0.550. The lowest BCUT2D eigenvalue weighted by molar-refractivity contribution is 0.241. The van der Waals surface area contributed by atoms with Gasteiger partial charge < -0.3 is 9.88 Å². The van der Waals surface area contributed by atoms with Crippen LogP contribution in [0.1, 0.15) is 48.8 Å². The molecule has 0 bridgehead atoms. The van der Waals surface area contributed by atoms with Gasteiger partial charge in [0.15, 0.2) is 0 Å². The largest absolute Gasteiger partial charge is 0.357 e. The second-order valence-corrected chi connectivity index (χ2v) is 7.37. The maximum absolute atomic E-state index is 12.4. The van der Waals surface area contributed by atoms with E-state index in [1.807, 2.05) is 6.20 Å². The van der Waals surface area contributed by atoms with Gasteiger partial charge in [0, 0.05) is 51.8 Å². The number of pyridine rings is 1. The molecule has 4 heterocycles. The second-order valence-electron chi connectivity index (χ2n) is 7.37. The van der Waals surface area contributed by atoms with E-state index in [2.05, 4.69) is 43.8 Å². The van der Waals surface area contributed by atoms with E-state index >= 15 is 0 Å². The minimum Gasteiger partial charge on any atom is -0.357 e. The number of rotatable bonds is 5. The Morgan fingerprint density at radius 3 is 2.77 bits per heavy atom. The van der Waals surface area contributed by atoms with E-state index in [4.69, 9.17) is 0 Å². The van der Waals surface area contributed by atoms with Crippen LogP contribution in [-0.4, -0.2) is 39.5 Å². The van der Waals surface area contributed by atoms with Crippen molar-refractivity contribution in [1.29, 1.82) is 0 Å². The smallest absolute Gasteiger partial charge is 0.255 e. The summed E-state index contributed by atoms with van der Waals surface area (Å²) in [5.41, 5.74) is 3.04. The molecule has 1 saturated heterocycles. The van der Waals surface area contributed by atoms with Crippen LogP contribution in [0.3, 0.4) is 0 Å². The summed E-state index contributed by atoms with van der Waals surface area (Å²) in [6.45, 7) is 6.75. The third-order valence-corrected chi connectivity index (χ3v) is 5.33. The molecule has 4 rings (SSSR count). The first-order valence-corrected chi connectivity index (χ1v) is 9.76. The molecule has 1 fully saturated rings. The molecule has 2 aliphatic rings. The monoisotopic (exact) mass is 353 g/mol. The average Bonchev–Trinajstić information content (AvgIpc) is 3.18. The van der Waals surface area contributed by atoms with Crippen LogP contribution in [0, 0.1) is 0 Å². The number of nitrogens with zero attached hydrogens (tertiary/aromatic N) is 4. The topological polar surface area (TPSA) is 65.1 Å². The zero-order chi connectivity index (χ0) is 17.9. The van der Waals surface area contributed by atoms with Gasteiger partial charge in [-0.1, -0.05) is 13.0 Å². The minimum atomic E-state index is 0.0330. The number of anilines is 1. The highest BCUT2D eigenvalue weighted by Gasteiger charge is 2.21. The van der Waals surface area contributed by atoms with Crippen LogP contribution in [0.4, 0.5) is 5.82 Å². The average molecular weight is 353 g/mol. The van der Waals surface area contributed by atoms with Crippen LogP contribution in [0.25, 0.3) is 0 Å². The lowest BCUT2D eigenvalue weighted by atomic mass is 10.1. The molecule has 6 heteroatoms. The highest BCUT2D eigenvalue weighted by atomic mass is 16.1. The van der Waals surface area contributed by atoms with Crippen LogP contribution in [0.15, 0.2) is 23.1 Å². The van der Waals surface area contributed by atoms with Crippen LogP contribution in [-0.2, 0) is 25.9 Å². The van der Waals surface area contributed by atoms with Crippen molar-refractivity contribution in [2.24, 2.45) is 0 Å². The molecule has 138 valence electrons. The van der Waals surface area contributed by atoms with E-state index in [1.54, 1.807) is 0 Å². The SMILES string of the molecule is CCCc1nc2c(c(=O)[nH]1)CN(Cc1ccc(N3CCCC3)nc1)CC2. The summed E-state index contributed by atoms with van der Waals surface area (Å²) in [6, 6.07) is 4.30. The van der Waals surface area contributed by atoms with Crippen molar-refractivity contribution in [3.8, 4) is 0 Å². The van der Waals surface area contributed by atoms with Gasteiger partial charge >= 0.3 is 0 Å². The predicted octanol–water partition coefficient (Wildman–Crippen LogP) is 2.28. The quantitative estimate of drug-likeness (QED) is 0.893. The van der Waals surface area contributed by atoms with Gasteiger partial charge in [-0.25, -0.2) is 9.97 Å². The van der Waals surface area contributed by atoms with Crippen molar-refractivity contribution in [2.45, 2.75) is 52.1 Å². The Hall–Kier alpha value is -2.21. The summed E-state index contributed by atoms with van der Waals surface area (Å²) in [6.07, 6.45) is 7.18. The third kappa shape index (κ3) is 3.65. The molecule has 0 radical (unpaired) electrons. The van der Waals surface area contributed by atoms with E-state index in [0.29, 0.717) is 6.54 Å². The zero-order valence-electron chi connectivity index (χ0n) is 15.5. The van der Waals surface area contributed by atoms with Crippen molar-refractivity contribution in [2.75, 3.05) is 24.5 Å². The highest BCUT2D eigenvalue weighted by molar-refractivity contribution is 5.40. The molecule has 1 N–H and O–H groups in total. The molecular weight excluding hydrogens is 326 g/mol. The fourth-order valence-electron chi connectivity index (χ4n) is 3.92. The lowest BCUT2D eigenvalue weighted by Gasteiger charge is -2.27. The summed E-state index contributed by atoms with van der Waals surface area (Å²) >= 11 is 0. The highest BCUT2D eigenvalue weighted by Crippen LogP contribution is 2.20. The molecule has 6 nitrogen and oxygen atoms in total. The van der Waals surface area contributed by atoms with E-state index < -0.39 is 0 Å². The summed E-state index contributed by atoms with van der Waals surface area (Å²) in [7, 11) is 0. The maximum atomic E-state index is 12.4. The van der Waals surface area contributed by atoms with Gasteiger partial charge in [-0.3, -0.25) is 9.69 Å². The van der Waals surface area contributed by atoms with Gasteiger partial charge in [0.2, 0.25) is 0 Å². The van der Waals surface area contributed by atoms with Gasteiger partial charge in [0.1, 0.15) is 11.6 Å². The standard InChI is InChI=1S/C20H27N5O/c1-2-5-18-22-17-8-11-24(14-16(17)20(26)23-18)13-15-6-7-19(21-12-15)25-9-3-4-10-25/h6-7,12H,2-5,8-11,13-14H2,1H3,(H,22,23,26). The maximum Gasteiger partial charge on any atom is 0.255 e. The number of nitrogens with one attached hydrogen (secondary N) is 1. The number of aromatic amines is 1. The summed E-state index contributed by atoms with van der Waals surface area (Å²) in [5, 5.41) is 0. The summed E-state index contributed by atoms with van der Waals surface area (Å²) < 4.78 is 0. The van der Waals surface area contributed by atoms with Crippen molar-refractivity contribution >= 4 is 5.82 Å². The Morgan fingerprint density at radius 1 is 1.19 bits per heavy atom. The Morgan fingerprint density at radius 2 is 2.04 bits per heavy atom. The number of H-pyrrole nitrogens is 1. The van der Waals surface area contributed by atoms with E-state index in [1.165, 1.54) is 18.4 Å². The van der Waals surface area contributed by atoms with Crippen molar-refractivity contribution in [3.63, 3.8) is 0 Å². The Balaban J connectivity index is 1.43. The Labute approximate surface area is 154 Å². The molecule has 0 amide bonds. The van der Waals surface area contributed by atoms with E-state index in [0.717, 1.165) is 68.3 Å². The van der Waals surface area contributed by atoms with E-state index in [-0.39, 0.29) is 5.56 Å². The molecule has 0 saturated carbocycles. The molecule has 2 aromatic rings. The lowest BCUT2D eigenvalue weighted by Crippen LogP contribution is -2.35. The summed E-state index contributed by atoms with van der Waals surface area (Å²) in [4.78, 5) is 29.3. The molecular formula is C20H27N5O. The first kappa shape index (κ1) is 17.2. The fourth-order valence-corrected chi connectivity index (χ4v) is 3.92. The van der Waals surface area contributed by atoms with Crippen molar-refractivity contribution in [1.82, 2.24) is 19.9 Å². The molecule has 0 unspecified atom stereocenters. The Bertz CT molecular complexity index is 808. The zero-order valence-corrected chi connectivity index (χ0v) is 15.5. The minimum absolute atomic E-state index is 0.0330. The second kappa shape index (κ2) is 7.58. The molecule has 0 atom stereocenters. The number of hydrogen-bond acceptors (Lipinski definition) is 5. The number of fused-ring (bicyclic) bond motifs is 1. The third-order valence-electron chi connectivity index (χ3n) is 5.33. The van der Waals surface area contributed by atoms with Crippen LogP contribution < -0.4 is 10.5 Å². The van der Waals surface area contributed by atoms with Gasteiger partial charge in [0.05, 0.1) is 11.3 Å². The molecule has 2 aromatic heterocycles. The van der Waals surface area contributed by atoms with Crippen LogP contribution in [0.2, 0.25) is 0 Å². The predicted molar refractivity (Wildman–Crippen MR) is 102 cm³/mol. The number of hydrogen-bond donors (Lipinski definition) is 1. The molecule has 26 heavy (non-hydrogen) atoms. The normalized spacial score (nSPS) is 17.5. The first-order chi connectivity index (χ1) is 12.7. The molecule has 0 aliphatic carbocycles. The number of aromatic nitrogens is 3. The molecule has 2 aliphatic heterocycles. The van der Waals surface area contributed by atoms with E-state index in [9.17, 15) is 4.79 Å². The van der Waals surface area contributed by atoms with Gasteiger partial charge in [-0.15, -0.1) is 0 Å². The number of aryl methyl sites for hydroxylation is 1. The van der Waals surface area contributed by atoms with Gasteiger partial charge in [-0.05, 0) is 30.9 Å². The van der Waals surface area contributed by atoms with Gasteiger partial charge in [0.25, 0.3) is 5.56 Å². The van der Waals surface area contributed by atoms with Crippen LogP contribution in [0.5, 0.6) is 0 Å². The summed E-state index contributed by atoms with van der Waals surface area (Å²) in [5.74, 6) is 1.91. The molecule has 0 spiro atoms. The van der Waals surface area contributed by atoms with Crippen molar-refractivity contribution < 1.29 is 0 Å². The Kier molecular flexibility index (Phi) is 5.02.